The molecule has 0 unspecified atom stereocenters. The lowest BCUT2D eigenvalue weighted by atomic mass is 10.0. The summed E-state index contributed by atoms with van der Waals surface area (Å²) in [5.74, 6) is -0.245. The summed E-state index contributed by atoms with van der Waals surface area (Å²) in [5.41, 5.74) is 3.64. The lowest BCUT2D eigenvalue weighted by Crippen LogP contribution is -2.32. The molecule has 32 heavy (non-hydrogen) atoms. The number of nitrogens with zero attached hydrogens (tertiary/aromatic N) is 1. The first-order chi connectivity index (χ1) is 15.4. The van der Waals surface area contributed by atoms with Crippen LogP contribution in [0, 0.1) is 19.7 Å². The molecule has 3 aromatic carbocycles. The molecule has 0 bridgehead atoms. The first kappa shape index (κ1) is 19.8. The van der Waals surface area contributed by atoms with Crippen LogP contribution in [0.15, 0.2) is 66.4 Å². The average Bonchev–Trinajstić information content (AvgIpc) is 3.30. The SMILES string of the molecule is Cc1cc(C)cc(N2C(=O)C(Nc3ccc4c(c3)OCO4)=C(c3ccc(F)cc3)C2=O)c1. The zero-order valence-corrected chi connectivity index (χ0v) is 17.4. The number of halogens is 1. The van der Waals surface area contributed by atoms with E-state index in [2.05, 4.69) is 5.32 Å². The Morgan fingerprint density at radius 1 is 0.844 bits per heavy atom. The molecule has 160 valence electrons. The quantitative estimate of drug-likeness (QED) is 0.615. The van der Waals surface area contributed by atoms with Gasteiger partial charge in [0.15, 0.2) is 11.5 Å². The maximum Gasteiger partial charge on any atom is 0.282 e. The number of imide groups is 1. The topological polar surface area (TPSA) is 67.9 Å². The van der Waals surface area contributed by atoms with Gasteiger partial charge in [-0.05, 0) is 66.9 Å². The van der Waals surface area contributed by atoms with Gasteiger partial charge >= 0.3 is 0 Å². The number of benzene rings is 3. The van der Waals surface area contributed by atoms with E-state index in [9.17, 15) is 14.0 Å². The number of fused-ring (bicyclic) bond motifs is 1. The van der Waals surface area contributed by atoms with E-state index in [1.54, 1.807) is 30.3 Å². The van der Waals surface area contributed by atoms with E-state index in [1.165, 1.54) is 24.3 Å². The maximum atomic E-state index is 13.5. The summed E-state index contributed by atoms with van der Waals surface area (Å²) in [4.78, 5) is 28.1. The highest BCUT2D eigenvalue weighted by Gasteiger charge is 2.40. The molecule has 0 aromatic heterocycles. The van der Waals surface area contributed by atoms with Gasteiger partial charge in [-0.2, -0.15) is 0 Å². The van der Waals surface area contributed by atoms with Gasteiger partial charge < -0.3 is 14.8 Å². The third kappa shape index (κ3) is 3.37. The summed E-state index contributed by atoms with van der Waals surface area (Å²) in [6.45, 7) is 3.93. The van der Waals surface area contributed by atoms with Gasteiger partial charge in [0, 0.05) is 11.8 Å². The summed E-state index contributed by atoms with van der Waals surface area (Å²) in [7, 11) is 0. The van der Waals surface area contributed by atoms with Crippen LogP contribution in [0.2, 0.25) is 0 Å². The Labute approximate surface area is 183 Å². The highest BCUT2D eigenvalue weighted by Crippen LogP contribution is 2.38. The normalized spacial score (nSPS) is 15.0. The minimum absolute atomic E-state index is 0.111. The largest absolute Gasteiger partial charge is 0.454 e. The summed E-state index contributed by atoms with van der Waals surface area (Å²) < 4.78 is 24.3. The van der Waals surface area contributed by atoms with Crippen molar-refractivity contribution in [3.8, 4) is 11.5 Å². The number of hydrogen-bond donors (Lipinski definition) is 1. The summed E-state index contributed by atoms with van der Waals surface area (Å²) >= 11 is 0. The van der Waals surface area contributed by atoms with Crippen molar-refractivity contribution in [3.05, 3.63) is 88.9 Å². The molecule has 0 saturated carbocycles. The van der Waals surface area contributed by atoms with Crippen LogP contribution in [0.1, 0.15) is 16.7 Å². The van der Waals surface area contributed by atoms with E-state index < -0.39 is 17.6 Å². The monoisotopic (exact) mass is 430 g/mol. The molecule has 0 saturated heterocycles. The zero-order valence-electron chi connectivity index (χ0n) is 17.4. The molecule has 3 aromatic rings. The van der Waals surface area contributed by atoms with Gasteiger partial charge in [-0.1, -0.05) is 18.2 Å². The van der Waals surface area contributed by atoms with Crippen molar-refractivity contribution in [3.63, 3.8) is 0 Å². The fourth-order valence-corrected chi connectivity index (χ4v) is 3.96. The number of hydrogen-bond acceptors (Lipinski definition) is 5. The lowest BCUT2D eigenvalue weighted by Gasteiger charge is -2.17. The number of anilines is 2. The second kappa shape index (κ2) is 7.53. The summed E-state index contributed by atoms with van der Waals surface area (Å²) in [5, 5.41) is 3.08. The molecule has 6 nitrogen and oxygen atoms in total. The van der Waals surface area contributed by atoms with Crippen molar-refractivity contribution in [2.75, 3.05) is 17.0 Å². The summed E-state index contributed by atoms with van der Waals surface area (Å²) in [6, 6.07) is 16.2. The third-order valence-electron chi connectivity index (χ3n) is 5.32. The number of carbonyl (C=O) groups is 2. The zero-order chi connectivity index (χ0) is 22.4. The maximum absolute atomic E-state index is 13.5. The molecule has 0 radical (unpaired) electrons. The number of nitrogens with one attached hydrogen (secondary N) is 1. The molecular weight excluding hydrogens is 411 g/mol. The average molecular weight is 430 g/mol. The van der Waals surface area contributed by atoms with Crippen LogP contribution >= 0.6 is 0 Å². The second-order valence-corrected chi connectivity index (χ2v) is 7.74. The van der Waals surface area contributed by atoms with Gasteiger partial charge in [0.05, 0.1) is 11.3 Å². The van der Waals surface area contributed by atoms with Gasteiger partial charge in [0.2, 0.25) is 6.79 Å². The predicted molar refractivity (Wildman–Crippen MR) is 118 cm³/mol. The Kier molecular flexibility index (Phi) is 4.66. The number of ether oxygens (including phenoxy) is 2. The molecular formula is C25H19FN2O4. The molecule has 1 N–H and O–H groups in total. The number of amides is 2. The van der Waals surface area contributed by atoms with E-state index in [0.29, 0.717) is 28.4 Å². The van der Waals surface area contributed by atoms with Gasteiger partial charge in [-0.25, -0.2) is 9.29 Å². The van der Waals surface area contributed by atoms with Gasteiger partial charge in [0.25, 0.3) is 11.8 Å². The molecule has 2 amide bonds. The van der Waals surface area contributed by atoms with Gasteiger partial charge in [-0.15, -0.1) is 0 Å². The van der Waals surface area contributed by atoms with E-state index in [1.807, 2.05) is 19.9 Å². The standard InChI is InChI=1S/C25H19FN2O4/c1-14-9-15(2)11-19(10-14)28-24(29)22(16-3-5-17(26)6-4-16)23(25(28)30)27-18-7-8-20-21(12-18)32-13-31-20/h3-12,27H,13H2,1-2H3. The van der Waals surface area contributed by atoms with Gasteiger partial charge in [0.1, 0.15) is 11.5 Å². The first-order valence-electron chi connectivity index (χ1n) is 10.0. The molecule has 0 aliphatic carbocycles. The number of rotatable bonds is 4. The summed E-state index contributed by atoms with van der Waals surface area (Å²) in [6.07, 6.45) is 0. The van der Waals surface area contributed by atoms with Crippen molar-refractivity contribution in [1.29, 1.82) is 0 Å². The minimum atomic E-state index is -0.489. The van der Waals surface area contributed by atoms with Crippen molar-refractivity contribution >= 4 is 28.8 Å². The minimum Gasteiger partial charge on any atom is -0.454 e. The molecule has 2 aliphatic heterocycles. The van der Waals surface area contributed by atoms with Crippen molar-refractivity contribution in [2.24, 2.45) is 0 Å². The Hall–Kier alpha value is -4.13. The van der Waals surface area contributed by atoms with E-state index in [4.69, 9.17) is 9.47 Å². The highest BCUT2D eigenvalue weighted by atomic mass is 19.1. The van der Waals surface area contributed by atoms with E-state index in [0.717, 1.165) is 16.0 Å². The second-order valence-electron chi connectivity index (χ2n) is 7.74. The molecule has 0 spiro atoms. The van der Waals surface area contributed by atoms with Crippen LogP contribution in [-0.4, -0.2) is 18.6 Å². The van der Waals surface area contributed by atoms with Crippen LogP contribution in [0.25, 0.3) is 5.57 Å². The van der Waals surface area contributed by atoms with Gasteiger partial charge in [-0.3, -0.25) is 9.59 Å². The molecule has 5 rings (SSSR count). The number of aryl methyl sites for hydroxylation is 2. The van der Waals surface area contributed by atoms with Crippen molar-refractivity contribution in [1.82, 2.24) is 0 Å². The van der Waals surface area contributed by atoms with Crippen LogP contribution in [0.3, 0.4) is 0 Å². The van der Waals surface area contributed by atoms with Crippen molar-refractivity contribution < 1.29 is 23.5 Å². The van der Waals surface area contributed by atoms with Crippen molar-refractivity contribution in [2.45, 2.75) is 13.8 Å². The predicted octanol–water partition coefficient (Wildman–Crippen LogP) is 4.57. The third-order valence-corrected chi connectivity index (χ3v) is 5.32. The Morgan fingerprint density at radius 3 is 2.25 bits per heavy atom. The molecule has 2 heterocycles. The van der Waals surface area contributed by atoms with Crippen LogP contribution in [0.5, 0.6) is 11.5 Å². The van der Waals surface area contributed by atoms with Crippen LogP contribution < -0.4 is 19.7 Å². The fourth-order valence-electron chi connectivity index (χ4n) is 3.96. The van der Waals surface area contributed by atoms with Crippen LogP contribution in [0.4, 0.5) is 15.8 Å². The molecule has 2 aliphatic rings. The molecule has 0 atom stereocenters. The van der Waals surface area contributed by atoms with Crippen LogP contribution in [-0.2, 0) is 9.59 Å². The highest BCUT2D eigenvalue weighted by molar-refractivity contribution is 6.46. The first-order valence-corrected chi connectivity index (χ1v) is 10.0. The smallest absolute Gasteiger partial charge is 0.282 e. The lowest BCUT2D eigenvalue weighted by molar-refractivity contribution is -0.120. The molecule has 7 heteroatoms. The van der Waals surface area contributed by atoms with E-state index >= 15 is 0 Å². The fraction of sp³-hybridized carbons (Fsp3) is 0.120. The molecule has 0 fully saturated rings. The Bertz CT molecular complexity index is 1280. The number of carbonyl (C=O) groups excluding carboxylic acids is 2. The Balaban J connectivity index is 1.60. The van der Waals surface area contributed by atoms with E-state index in [-0.39, 0.29) is 18.1 Å². The Morgan fingerprint density at radius 2 is 1.53 bits per heavy atom.